The Kier molecular flexibility index (Phi) is 7.85. The highest BCUT2D eigenvalue weighted by atomic mass is 16.2. The zero-order chi connectivity index (χ0) is 23.1. The Morgan fingerprint density at radius 1 is 0.969 bits per heavy atom. The Balaban J connectivity index is 1.45. The summed E-state index contributed by atoms with van der Waals surface area (Å²) in [5, 5.41) is 14.6. The maximum Gasteiger partial charge on any atom is 0.243 e. The van der Waals surface area contributed by atoms with Crippen molar-refractivity contribution in [1.29, 1.82) is 5.26 Å². The molecule has 7 heteroatoms. The predicted molar refractivity (Wildman–Crippen MR) is 127 cm³/mol. The topological polar surface area (TPSA) is 88.5 Å². The summed E-state index contributed by atoms with van der Waals surface area (Å²) in [5.41, 5.74) is 5.73. The second-order valence-electron chi connectivity index (χ2n) is 8.37. The molecular formula is C25H31N5O2. The molecule has 2 amide bonds. The predicted octanol–water partition coefficient (Wildman–Crippen LogP) is 2.75. The van der Waals surface area contributed by atoms with Gasteiger partial charge in [-0.1, -0.05) is 17.7 Å². The van der Waals surface area contributed by atoms with Crippen LogP contribution in [0.15, 0.2) is 36.4 Å². The van der Waals surface area contributed by atoms with Gasteiger partial charge >= 0.3 is 0 Å². The number of hydrogen-bond acceptors (Lipinski definition) is 5. The fraction of sp³-hybridized carbons (Fsp3) is 0.400. The SMILES string of the molecule is Cc1cc(C)c(NC(=O)CNC(=O)CN2CCCN(c3ccc(C#N)cc3)CC2)c(C)c1. The number of anilines is 2. The molecule has 0 atom stereocenters. The van der Waals surface area contributed by atoms with Crippen molar-refractivity contribution >= 4 is 23.2 Å². The van der Waals surface area contributed by atoms with Gasteiger partial charge in [-0.25, -0.2) is 0 Å². The van der Waals surface area contributed by atoms with Crippen molar-refractivity contribution in [3.63, 3.8) is 0 Å². The van der Waals surface area contributed by atoms with E-state index in [1.165, 1.54) is 0 Å². The molecule has 0 aromatic heterocycles. The number of rotatable bonds is 6. The molecule has 0 spiro atoms. The Morgan fingerprint density at radius 2 is 1.66 bits per heavy atom. The van der Waals surface area contributed by atoms with E-state index in [0.717, 1.165) is 60.7 Å². The lowest BCUT2D eigenvalue weighted by Gasteiger charge is -2.23. The van der Waals surface area contributed by atoms with Crippen molar-refractivity contribution in [2.75, 3.05) is 49.5 Å². The highest BCUT2D eigenvalue weighted by molar-refractivity contribution is 5.96. The second kappa shape index (κ2) is 10.8. The fourth-order valence-corrected chi connectivity index (χ4v) is 4.13. The minimum Gasteiger partial charge on any atom is -0.370 e. The normalized spacial score (nSPS) is 14.4. The first kappa shape index (κ1) is 23.3. The van der Waals surface area contributed by atoms with Gasteiger partial charge in [-0.3, -0.25) is 14.5 Å². The Labute approximate surface area is 190 Å². The number of nitrogens with one attached hydrogen (secondary N) is 2. The molecule has 32 heavy (non-hydrogen) atoms. The number of aryl methyl sites for hydroxylation is 3. The van der Waals surface area contributed by atoms with Crippen LogP contribution in [0.3, 0.4) is 0 Å². The van der Waals surface area contributed by atoms with Crippen LogP contribution in [0.4, 0.5) is 11.4 Å². The number of nitriles is 1. The van der Waals surface area contributed by atoms with Crippen molar-refractivity contribution in [2.24, 2.45) is 0 Å². The van der Waals surface area contributed by atoms with E-state index < -0.39 is 0 Å². The van der Waals surface area contributed by atoms with Crippen LogP contribution in [0.1, 0.15) is 28.7 Å². The second-order valence-corrected chi connectivity index (χ2v) is 8.37. The molecule has 1 aliphatic rings. The lowest BCUT2D eigenvalue weighted by molar-refractivity contribution is -0.125. The zero-order valence-corrected chi connectivity index (χ0v) is 19.1. The van der Waals surface area contributed by atoms with Crippen molar-refractivity contribution in [3.05, 3.63) is 58.7 Å². The van der Waals surface area contributed by atoms with Gasteiger partial charge in [0.1, 0.15) is 0 Å². The molecule has 2 N–H and O–H groups in total. The molecule has 0 aliphatic carbocycles. The van der Waals surface area contributed by atoms with E-state index in [0.29, 0.717) is 5.56 Å². The molecule has 7 nitrogen and oxygen atoms in total. The van der Waals surface area contributed by atoms with Gasteiger partial charge in [0, 0.05) is 37.6 Å². The smallest absolute Gasteiger partial charge is 0.243 e. The van der Waals surface area contributed by atoms with E-state index in [9.17, 15) is 9.59 Å². The van der Waals surface area contributed by atoms with Crippen molar-refractivity contribution in [1.82, 2.24) is 10.2 Å². The summed E-state index contributed by atoms with van der Waals surface area (Å²) < 4.78 is 0. The molecule has 168 valence electrons. The standard InChI is InChI=1S/C25H31N5O2/c1-18-13-19(2)25(20(3)14-18)28-23(31)16-27-24(32)17-29-9-4-10-30(12-11-29)22-7-5-21(15-26)6-8-22/h5-8,13-14H,4,9-12,16-17H2,1-3H3,(H,27,32)(H,28,31). The molecule has 0 radical (unpaired) electrons. The van der Waals surface area contributed by atoms with Crippen LogP contribution in [0, 0.1) is 32.1 Å². The molecule has 2 aromatic carbocycles. The number of amides is 2. The average Bonchev–Trinajstić information content (AvgIpc) is 3.00. The summed E-state index contributed by atoms with van der Waals surface area (Å²) in [4.78, 5) is 29.1. The van der Waals surface area contributed by atoms with E-state index in [1.807, 2.05) is 57.2 Å². The van der Waals surface area contributed by atoms with E-state index >= 15 is 0 Å². The van der Waals surface area contributed by atoms with E-state index in [1.54, 1.807) is 0 Å². The van der Waals surface area contributed by atoms with Gasteiger partial charge in [0.2, 0.25) is 11.8 Å². The summed E-state index contributed by atoms with van der Waals surface area (Å²) in [7, 11) is 0. The molecular weight excluding hydrogens is 402 g/mol. The molecule has 0 bridgehead atoms. The Morgan fingerprint density at radius 3 is 2.31 bits per heavy atom. The van der Waals surface area contributed by atoms with E-state index in [4.69, 9.17) is 5.26 Å². The molecule has 3 rings (SSSR count). The highest BCUT2D eigenvalue weighted by Gasteiger charge is 2.18. The first-order chi connectivity index (χ1) is 15.4. The van der Waals surface area contributed by atoms with Crippen LogP contribution in [0.25, 0.3) is 0 Å². The lowest BCUT2D eigenvalue weighted by atomic mass is 10.1. The van der Waals surface area contributed by atoms with Crippen molar-refractivity contribution in [3.8, 4) is 6.07 Å². The molecule has 2 aromatic rings. The third-order valence-corrected chi connectivity index (χ3v) is 5.70. The van der Waals surface area contributed by atoms with Crippen LogP contribution in [-0.4, -0.2) is 56.0 Å². The van der Waals surface area contributed by atoms with E-state index in [-0.39, 0.29) is 24.9 Å². The number of benzene rings is 2. The summed E-state index contributed by atoms with van der Waals surface area (Å²) >= 11 is 0. The van der Waals surface area contributed by atoms with Gasteiger partial charge in [0.05, 0.1) is 24.7 Å². The first-order valence-corrected chi connectivity index (χ1v) is 11.0. The first-order valence-electron chi connectivity index (χ1n) is 11.0. The van der Waals surface area contributed by atoms with Crippen molar-refractivity contribution < 1.29 is 9.59 Å². The lowest BCUT2D eigenvalue weighted by Crippen LogP contribution is -2.41. The minimum atomic E-state index is -0.226. The average molecular weight is 434 g/mol. The van der Waals surface area contributed by atoms with Gasteiger partial charge in [-0.2, -0.15) is 5.26 Å². The minimum absolute atomic E-state index is 0.0448. The molecule has 1 saturated heterocycles. The maximum atomic E-state index is 12.4. The quantitative estimate of drug-likeness (QED) is 0.731. The van der Waals surface area contributed by atoms with Gasteiger partial charge in [-0.05, 0) is 62.6 Å². The Hall–Kier alpha value is -3.37. The van der Waals surface area contributed by atoms with E-state index in [2.05, 4.69) is 26.5 Å². The highest BCUT2D eigenvalue weighted by Crippen LogP contribution is 2.21. The van der Waals surface area contributed by atoms with Gasteiger partial charge in [0.25, 0.3) is 0 Å². The maximum absolute atomic E-state index is 12.4. The third kappa shape index (κ3) is 6.32. The summed E-state index contributed by atoms with van der Waals surface area (Å²) in [6, 6.07) is 13.8. The number of nitrogens with zero attached hydrogens (tertiary/aromatic N) is 3. The number of hydrogen-bond donors (Lipinski definition) is 2. The summed E-state index contributed by atoms with van der Waals surface area (Å²) in [6.45, 7) is 9.50. The number of carbonyl (C=O) groups is 2. The molecule has 0 saturated carbocycles. The van der Waals surface area contributed by atoms with Gasteiger partial charge < -0.3 is 15.5 Å². The fourth-order valence-electron chi connectivity index (χ4n) is 4.13. The largest absolute Gasteiger partial charge is 0.370 e. The van der Waals surface area contributed by atoms with Crippen LogP contribution in [0.2, 0.25) is 0 Å². The summed E-state index contributed by atoms with van der Waals surface area (Å²) in [5.74, 6) is -0.374. The molecule has 1 aliphatic heterocycles. The Bertz CT molecular complexity index is 987. The van der Waals surface area contributed by atoms with Crippen LogP contribution < -0.4 is 15.5 Å². The van der Waals surface area contributed by atoms with Crippen LogP contribution >= 0.6 is 0 Å². The summed E-state index contributed by atoms with van der Waals surface area (Å²) in [6.07, 6.45) is 0.944. The van der Waals surface area contributed by atoms with Gasteiger partial charge in [0.15, 0.2) is 0 Å². The molecule has 1 fully saturated rings. The molecule has 1 heterocycles. The molecule has 0 unspecified atom stereocenters. The zero-order valence-electron chi connectivity index (χ0n) is 19.1. The monoisotopic (exact) mass is 433 g/mol. The van der Waals surface area contributed by atoms with Crippen molar-refractivity contribution in [2.45, 2.75) is 27.2 Å². The van der Waals surface area contributed by atoms with Crippen LogP contribution in [-0.2, 0) is 9.59 Å². The van der Waals surface area contributed by atoms with Gasteiger partial charge in [-0.15, -0.1) is 0 Å². The third-order valence-electron chi connectivity index (χ3n) is 5.70. The number of carbonyl (C=O) groups excluding carboxylic acids is 2. The van der Waals surface area contributed by atoms with Crippen LogP contribution in [0.5, 0.6) is 0 Å².